The van der Waals surface area contributed by atoms with Crippen LogP contribution in [0.5, 0.6) is 0 Å². The normalized spacial score (nSPS) is 36.5. The first-order valence-corrected chi connectivity index (χ1v) is 8.20. The van der Waals surface area contributed by atoms with Gasteiger partial charge in [0.2, 0.25) is 0 Å². The van der Waals surface area contributed by atoms with Crippen LogP contribution in [0.2, 0.25) is 5.31 Å². The van der Waals surface area contributed by atoms with Crippen molar-refractivity contribution in [1.29, 1.82) is 0 Å². The van der Waals surface area contributed by atoms with E-state index in [0.717, 1.165) is 31.4 Å². The monoisotopic (exact) mass is 289 g/mol. The number of fused-ring (bicyclic) bond motifs is 2. The van der Waals surface area contributed by atoms with Crippen molar-refractivity contribution < 1.29 is 0 Å². The molecular formula is C15H24BN3S. The average molecular weight is 289 g/mol. The van der Waals surface area contributed by atoms with Crippen LogP contribution in [0.25, 0.3) is 0 Å². The van der Waals surface area contributed by atoms with Gasteiger partial charge in [0.05, 0.1) is 19.2 Å². The second-order valence-electron chi connectivity index (χ2n) is 7.21. The Morgan fingerprint density at radius 1 is 1.25 bits per heavy atom. The Balaban J connectivity index is 1.91. The lowest BCUT2D eigenvalue weighted by Crippen LogP contribution is -2.18. The molecule has 108 valence electrons. The van der Waals surface area contributed by atoms with E-state index < -0.39 is 0 Å². The second-order valence-corrected chi connectivity index (χ2v) is 8.01. The minimum atomic E-state index is -0.121. The molecule has 0 N–H and O–H groups in total. The minimum absolute atomic E-state index is 0.00899. The molecule has 0 aromatic carbocycles. The lowest BCUT2D eigenvalue weighted by atomic mass is 9.72. The molecule has 0 spiro atoms. The molecule has 2 aliphatic carbocycles. The molecule has 0 bridgehead atoms. The van der Waals surface area contributed by atoms with E-state index in [1.54, 1.807) is 0 Å². The molecule has 0 amide bonds. The second kappa shape index (κ2) is 4.52. The highest BCUT2D eigenvalue weighted by Gasteiger charge is 2.70. The Labute approximate surface area is 128 Å². The average Bonchev–Trinajstić information content (AvgIpc) is 2.69. The van der Waals surface area contributed by atoms with E-state index >= 15 is 0 Å². The van der Waals surface area contributed by atoms with E-state index in [4.69, 9.17) is 20.5 Å². The summed E-state index contributed by atoms with van der Waals surface area (Å²) in [6.07, 6.45) is 3.93. The molecule has 5 heteroatoms. The van der Waals surface area contributed by atoms with Crippen LogP contribution in [-0.2, 0) is 12.8 Å². The summed E-state index contributed by atoms with van der Waals surface area (Å²) in [6, 6.07) is 0.365. The van der Waals surface area contributed by atoms with Crippen LogP contribution in [0, 0.1) is 11.8 Å². The van der Waals surface area contributed by atoms with Gasteiger partial charge in [0, 0.05) is 10.8 Å². The number of nitrogens with zero attached hydrogens (tertiary/aromatic N) is 3. The molecule has 1 aromatic heterocycles. The van der Waals surface area contributed by atoms with E-state index in [1.807, 2.05) is 0 Å². The van der Waals surface area contributed by atoms with Gasteiger partial charge in [-0.05, 0) is 56.7 Å². The Morgan fingerprint density at radius 2 is 1.95 bits per heavy atom. The van der Waals surface area contributed by atoms with Crippen molar-refractivity contribution in [2.75, 3.05) is 0 Å². The minimum Gasteiger partial charge on any atom is -0.247 e. The van der Waals surface area contributed by atoms with Crippen molar-refractivity contribution in [3.05, 3.63) is 11.4 Å². The van der Waals surface area contributed by atoms with Crippen LogP contribution in [0.3, 0.4) is 0 Å². The number of aromatic nitrogens is 3. The van der Waals surface area contributed by atoms with Crippen LogP contribution in [0.15, 0.2) is 0 Å². The molecule has 2 aliphatic rings. The van der Waals surface area contributed by atoms with Gasteiger partial charge >= 0.3 is 0 Å². The predicted octanol–water partition coefficient (Wildman–Crippen LogP) is 3.02. The lowest BCUT2D eigenvalue weighted by Gasteiger charge is -2.22. The zero-order chi connectivity index (χ0) is 14.7. The topological polar surface area (TPSA) is 30.7 Å². The Hall–Kier alpha value is -0.445. The van der Waals surface area contributed by atoms with Crippen LogP contribution in [0.1, 0.15) is 58.0 Å². The van der Waals surface area contributed by atoms with Gasteiger partial charge in [-0.25, -0.2) is 4.68 Å². The van der Waals surface area contributed by atoms with Crippen molar-refractivity contribution in [3.8, 4) is 0 Å². The Morgan fingerprint density at radius 3 is 2.55 bits per heavy atom. The van der Waals surface area contributed by atoms with Gasteiger partial charge in [0.1, 0.15) is 0 Å². The van der Waals surface area contributed by atoms with E-state index in [-0.39, 0.29) is 10.1 Å². The SMILES string of the molecule is [B]C12CCc3nnn(C(C)C)c3CCC1(S)C2C(C)C. The highest BCUT2D eigenvalue weighted by molar-refractivity contribution is 7.82. The number of hydrogen-bond acceptors (Lipinski definition) is 3. The summed E-state index contributed by atoms with van der Waals surface area (Å²) in [5, 5.41) is 8.59. The zero-order valence-corrected chi connectivity index (χ0v) is 13.8. The van der Waals surface area contributed by atoms with Crippen molar-refractivity contribution in [1.82, 2.24) is 15.0 Å². The molecule has 0 saturated heterocycles. The third kappa shape index (κ3) is 1.81. The van der Waals surface area contributed by atoms with E-state index in [2.05, 4.69) is 42.7 Å². The van der Waals surface area contributed by atoms with Crippen molar-refractivity contribution in [2.24, 2.45) is 11.8 Å². The van der Waals surface area contributed by atoms with Gasteiger partial charge < -0.3 is 0 Å². The van der Waals surface area contributed by atoms with Crippen molar-refractivity contribution >= 4 is 20.5 Å². The van der Waals surface area contributed by atoms with E-state index in [1.165, 1.54) is 5.69 Å². The van der Waals surface area contributed by atoms with Gasteiger partial charge in [0.15, 0.2) is 0 Å². The van der Waals surface area contributed by atoms with Crippen LogP contribution in [0.4, 0.5) is 0 Å². The predicted molar refractivity (Wildman–Crippen MR) is 85.5 cm³/mol. The van der Waals surface area contributed by atoms with Crippen molar-refractivity contribution in [3.63, 3.8) is 0 Å². The van der Waals surface area contributed by atoms with Crippen LogP contribution < -0.4 is 0 Å². The molecule has 3 atom stereocenters. The Bertz CT molecular complexity index is 527. The summed E-state index contributed by atoms with van der Waals surface area (Å²) >= 11 is 5.01. The first-order valence-electron chi connectivity index (χ1n) is 7.75. The third-order valence-corrected chi connectivity index (χ3v) is 6.26. The molecule has 3 unspecified atom stereocenters. The highest BCUT2D eigenvalue weighted by Crippen LogP contribution is 2.76. The molecular weight excluding hydrogens is 265 g/mol. The number of rotatable bonds is 2. The van der Waals surface area contributed by atoms with Gasteiger partial charge in [-0.15, -0.1) is 5.10 Å². The standard InChI is InChI=1S/C15H24BN3S/c1-9(2)13-14(16)7-5-11-12(6-8-15(13,14)20)19(10(3)4)18-17-11/h9-10,13,20H,5-8H2,1-4H3. The maximum atomic E-state index is 6.69. The highest BCUT2D eigenvalue weighted by atomic mass is 32.1. The molecule has 1 saturated carbocycles. The molecule has 3 nitrogen and oxygen atoms in total. The smallest absolute Gasteiger partial charge is 0.0859 e. The van der Waals surface area contributed by atoms with E-state index in [9.17, 15) is 0 Å². The fourth-order valence-electron chi connectivity index (χ4n) is 4.40. The zero-order valence-electron chi connectivity index (χ0n) is 12.9. The summed E-state index contributed by atoms with van der Waals surface area (Å²) in [4.78, 5) is 0. The van der Waals surface area contributed by atoms with Crippen molar-refractivity contribution in [2.45, 2.75) is 69.5 Å². The maximum Gasteiger partial charge on any atom is 0.0859 e. The molecule has 1 aromatic rings. The first kappa shape index (κ1) is 14.5. The fourth-order valence-corrected chi connectivity index (χ4v) is 5.22. The number of hydrogen-bond donors (Lipinski definition) is 1. The summed E-state index contributed by atoms with van der Waals surface area (Å²) in [5.74, 6) is 1.11. The van der Waals surface area contributed by atoms with E-state index in [0.29, 0.717) is 17.9 Å². The summed E-state index contributed by atoms with van der Waals surface area (Å²) in [6.45, 7) is 8.85. The summed E-state index contributed by atoms with van der Waals surface area (Å²) in [7, 11) is 6.69. The summed E-state index contributed by atoms with van der Waals surface area (Å²) in [5.41, 5.74) is 2.44. The molecule has 2 radical (unpaired) electrons. The molecule has 20 heavy (non-hydrogen) atoms. The van der Waals surface area contributed by atoms with Gasteiger partial charge in [-0.3, -0.25) is 0 Å². The van der Waals surface area contributed by atoms with Gasteiger partial charge in [0.25, 0.3) is 0 Å². The molecule has 0 aliphatic heterocycles. The van der Waals surface area contributed by atoms with Gasteiger partial charge in [-0.1, -0.05) is 19.1 Å². The summed E-state index contributed by atoms with van der Waals surface area (Å²) < 4.78 is 2.06. The quantitative estimate of drug-likeness (QED) is 0.670. The van der Waals surface area contributed by atoms with Gasteiger partial charge in [-0.2, -0.15) is 12.6 Å². The largest absolute Gasteiger partial charge is 0.247 e. The third-order valence-electron chi connectivity index (χ3n) is 5.34. The maximum absolute atomic E-state index is 6.69. The molecule has 1 heterocycles. The van der Waals surface area contributed by atoms with Crippen LogP contribution >= 0.6 is 12.6 Å². The van der Waals surface area contributed by atoms with Crippen LogP contribution in [-0.4, -0.2) is 27.6 Å². The molecule has 3 rings (SSSR count). The lowest BCUT2D eigenvalue weighted by molar-refractivity contribution is 0.480. The number of aryl methyl sites for hydroxylation is 1. The molecule has 1 fully saturated rings. The first-order chi connectivity index (χ1) is 9.31. The number of thiol groups is 1. The Kier molecular flexibility index (Phi) is 3.28. The fraction of sp³-hybridized carbons (Fsp3) is 0.867.